The van der Waals surface area contributed by atoms with E-state index < -0.39 is 0 Å². The number of hydrogen-bond donors (Lipinski definition) is 1. The Labute approximate surface area is 133 Å². The minimum absolute atomic E-state index is 0.193. The van der Waals surface area contributed by atoms with E-state index in [4.69, 9.17) is 5.11 Å². The molecule has 0 saturated carbocycles. The summed E-state index contributed by atoms with van der Waals surface area (Å²) in [7, 11) is 0. The standard InChI is InChI=1S/C18H28N2O2/c1-3-16-4-6-17(7-5-16)15(2)14-18(22)20-10-8-19(9-11-20)12-13-21/h4-7,15,21H,3,8-14H2,1-2H3. The average molecular weight is 304 g/mol. The van der Waals surface area contributed by atoms with Gasteiger partial charge in [0.1, 0.15) is 0 Å². The highest BCUT2D eigenvalue weighted by Gasteiger charge is 2.22. The van der Waals surface area contributed by atoms with Crippen LogP contribution in [0.5, 0.6) is 0 Å². The summed E-state index contributed by atoms with van der Waals surface area (Å²) in [6.07, 6.45) is 1.62. The number of aryl methyl sites for hydroxylation is 1. The van der Waals surface area contributed by atoms with Crippen LogP contribution in [0.4, 0.5) is 0 Å². The van der Waals surface area contributed by atoms with Crippen LogP contribution in [0.2, 0.25) is 0 Å². The summed E-state index contributed by atoms with van der Waals surface area (Å²) in [5.74, 6) is 0.504. The fraction of sp³-hybridized carbons (Fsp3) is 0.611. The van der Waals surface area contributed by atoms with E-state index >= 15 is 0 Å². The predicted molar refractivity (Wildman–Crippen MR) is 89.0 cm³/mol. The Balaban J connectivity index is 1.83. The van der Waals surface area contributed by atoms with E-state index in [1.165, 1.54) is 11.1 Å². The van der Waals surface area contributed by atoms with Crippen molar-refractivity contribution in [1.82, 2.24) is 9.80 Å². The van der Waals surface area contributed by atoms with Gasteiger partial charge in [0.15, 0.2) is 0 Å². The molecule has 4 heteroatoms. The molecule has 0 spiro atoms. The van der Waals surface area contributed by atoms with Crippen LogP contribution in [0, 0.1) is 0 Å². The number of benzene rings is 1. The number of aliphatic hydroxyl groups is 1. The number of aliphatic hydroxyl groups excluding tert-OH is 1. The normalized spacial score (nSPS) is 17.5. The van der Waals surface area contributed by atoms with Gasteiger partial charge in [-0.3, -0.25) is 9.69 Å². The zero-order valence-corrected chi connectivity index (χ0v) is 13.8. The summed E-state index contributed by atoms with van der Waals surface area (Å²) in [4.78, 5) is 16.6. The van der Waals surface area contributed by atoms with Crippen LogP contribution < -0.4 is 0 Å². The molecule has 2 rings (SSSR count). The van der Waals surface area contributed by atoms with E-state index in [9.17, 15) is 4.79 Å². The molecule has 0 aliphatic carbocycles. The lowest BCUT2D eigenvalue weighted by atomic mass is 9.95. The molecule has 1 saturated heterocycles. The minimum Gasteiger partial charge on any atom is -0.395 e. The van der Waals surface area contributed by atoms with E-state index in [0.717, 1.165) is 32.6 Å². The van der Waals surface area contributed by atoms with Gasteiger partial charge in [-0.25, -0.2) is 0 Å². The van der Waals surface area contributed by atoms with E-state index in [1.54, 1.807) is 0 Å². The Hall–Kier alpha value is -1.39. The molecule has 1 aromatic rings. The first kappa shape index (κ1) is 17.0. The molecule has 0 aromatic heterocycles. The van der Waals surface area contributed by atoms with Gasteiger partial charge in [0.2, 0.25) is 5.91 Å². The summed E-state index contributed by atoms with van der Waals surface area (Å²) < 4.78 is 0. The Morgan fingerprint density at radius 2 is 1.82 bits per heavy atom. The van der Waals surface area contributed by atoms with Crippen LogP contribution >= 0.6 is 0 Å². The number of carbonyl (C=O) groups excluding carboxylic acids is 1. The fourth-order valence-corrected chi connectivity index (χ4v) is 2.95. The molecule has 22 heavy (non-hydrogen) atoms. The second-order valence-corrected chi connectivity index (χ2v) is 6.15. The predicted octanol–water partition coefficient (Wildman–Crippen LogP) is 1.88. The second kappa shape index (κ2) is 8.30. The quantitative estimate of drug-likeness (QED) is 0.873. The van der Waals surface area contributed by atoms with Gasteiger partial charge in [-0.15, -0.1) is 0 Å². The van der Waals surface area contributed by atoms with Gasteiger partial charge in [0, 0.05) is 39.1 Å². The van der Waals surface area contributed by atoms with Gasteiger partial charge in [-0.1, -0.05) is 38.1 Å². The minimum atomic E-state index is 0.193. The average Bonchev–Trinajstić information content (AvgIpc) is 2.55. The molecule has 1 aliphatic rings. The number of amides is 1. The first-order valence-electron chi connectivity index (χ1n) is 8.33. The van der Waals surface area contributed by atoms with Crippen LogP contribution in [0.3, 0.4) is 0 Å². The third-order valence-corrected chi connectivity index (χ3v) is 4.58. The van der Waals surface area contributed by atoms with Gasteiger partial charge in [0.05, 0.1) is 6.61 Å². The number of carbonyl (C=O) groups is 1. The molecule has 1 amide bonds. The van der Waals surface area contributed by atoms with Crippen LogP contribution in [-0.2, 0) is 11.2 Å². The number of nitrogens with zero attached hydrogens (tertiary/aromatic N) is 2. The van der Waals surface area contributed by atoms with Crippen molar-refractivity contribution < 1.29 is 9.90 Å². The van der Waals surface area contributed by atoms with Gasteiger partial charge >= 0.3 is 0 Å². The Morgan fingerprint density at radius 1 is 1.18 bits per heavy atom. The van der Waals surface area contributed by atoms with Crippen LogP contribution in [0.15, 0.2) is 24.3 Å². The number of hydrogen-bond acceptors (Lipinski definition) is 3. The van der Waals surface area contributed by atoms with Crippen molar-refractivity contribution in [2.75, 3.05) is 39.3 Å². The molecule has 122 valence electrons. The molecule has 1 unspecified atom stereocenters. The van der Waals surface area contributed by atoms with Gasteiger partial charge in [-0.2, -0.15) is 0 Å². The van der Waals surface area contributed by atoms with Crippen molar-refractivity contribution in [3.63, 3.8) is 0 Å². The van der Waals surface area contributed by atoms with Gasteiger partial charge < -0.3 is 10.0 Å². The maximum Gasteiger partial charge on any atom is 0.223 e. The SMILES string of the molecule is CCc1ccc(C(C)CC(=O)N2CCN(CCO)CC2)cc1. The molecular weight excluding hydrogens is 276 g/mol. The van der Waals surface area contributed by atoms with Crippen molar-refractivity contribution in [1.29, 1.82) is 0 Å². The van der Waals surface area contributed by atoms with Crippen LogP contribution in [0.25, 0.3) is 0 Å². The van der Waals surface area contributed by atoms with Gasteiger partial charge in [-0.05, 0) is 23.5 Å². The Morgan fingerprint density at radius 3 is 2.36 bits per heavy atom. The molecule has 0 bridgehead atoms. The van der Waals surface area contributed by atoms with Crippen molar-refractivity contribution in [3.8, 4) is 0 Å². The maximum atomic E-state index is 12.4. The number of β-amino-alcohol motifs (C(OH)–C–C–N with tert-alkyl or cyclic N) is 1. The van der Waals surface area contributed by atoms with E-state index in [2.05, 4.69) is 43.0 Å². The lowest BCUT2D eigenvalue weighted by Gasteiger charge is -2.34. The summed E-state index contributed by atoms with van der Waals surface area (Å²) in [6.45, 7) is 8.47. The zero-order chi connectivity index (χ0) is 15.9. The monoisotopic (exact) mass is 304 g/mol. The van der Waals surface area contributed by atoms with E-state index in [1.807, 2.05) is 4.90 Å². The topological polar surface area (TPSA) is 43.8 Å². The maximum absolute atomic E-state index is 12.4. The van der Waals surface area contributed by atoms with E-state index in [0.29, 0.717) is 13.0 Å². The number of piperazine rings is 1. The molecule has 1 fully saturated rings. The smallest absolute Gasteiger partial charge is 0.223 e. The summed E-state index contributed by atoms with van der Waals surface area (Å²) in [6, 6.07) is 8.61. The Kier molecular flexibility index (Phi) is 6.40. The molecule has 0 radical (unpaired) electrons. The Bertz CT molecular complexity index is 464. The summed E-state index contributed by atoms with van der Waals surface area (Å²) >= 11 is 0. The molecule has 1 atom stereocenters. The molecule has 1 aromatic carbocycles. The van der Waals surface area contributed by atoms with Crippen molar-refractivity contribution in [2.24, 2.45) is 0 Å². The van der Waals surface area contributed by atoms with Crippen molar-refractivity contribution in [2.45, 2.75) is 32.6 Å². The van der Waals surface area contributed by atoms with E-state index in [-0.39, 0.29) is 18.4 Å². The van der Waals surface area contributed by atoms with Crippen LogP contribution in [0.1, 0.15) is 37.3 Å². The lowest BCUT2D eigenvalue weighted by Crippen LogP contribution is -2.49. The highest BCUT2D eigenvalue weighted by molar-refractivity contribution is 5.77. The first-order chi connectivity index (χ1) is 10.6. The summed E-state index contributed by atoms with van der Waals surface area (Å²) in [5, 5.41) is 8.95. The zero-order valence-electron chi connectivity index (χ0n) is 13.8. The van der Waals surface area contributed by atoms with Gasteiger partial charge in [0.25, 0.3) is 0 Å². The highest BCUT2D eigenvalue weighted by Crippen LogP contribution is 2.21. The third kappa shape index (κ3) is 4.55. The van der Waals surface area contributed by atoms with Crippen LogP contribution in [-0.4, -0.2) is 60.1 Å². The lowest BCUT2D eigenvalue weighted by molar-refractivity contribution is -0.133. The van der Waals surface area contributed by atoms with Crippen molar-refractivity contribution >= 4 is 5.91 Å². The molecule has 4 nitrogen and oxygen atoms in total. The third-order valence-electron chi connectivity index (χ3n) is 4.58. The highest BCUT2D eigenvalue weighted by atomic mass is 16.3. The molecule has 1 heterocycles. The summed E-state index contributed by atoms with van der Waals surface area (Å²) in [5.41, 5.74) is 2.58. The largest absolute Gasteiger partial charge is 0.395 e. The second-order valence-electron chi connectivity index (χ2n) is 6.15. The number of rotatable bonds is 6. The van der Waals surface area contributed by atoms with Crippen molar-refractivity contribution in [3.05, 3.63) is 35.4 Å². The fourth-order valence-electron chi connectivity index (χ4n) is 2.95. The molecule has 1 aliphatic heterocycles. The first-order valence-corrected chi connectivity index (χ1v) is 8.33. The molecule has 1 N–H and O–H groups in total. The molecular formula is C18H28N2O2.